The second-order valence-corrected chi connectivity index (χ2v) is 8.29. The summed E-state index contributed by atoms with van der Waals surface area (Å²) in [4.78, 5) is 0. The molecule has 0 atom stereocenters. The molecule has 0 bridgehead atoms. The monoisotopic (exact) mass is 414 g/mol. The van der Waals surface area contributed by atoms with E-state index in [0.29, 0.717) is 6.54 Å². The van der Waals surface area contributed by atoms with Gasteiger partial charge in [-0.05, 0) is 49.6 Å². The van der Waals surface area contributed by atoms with Crippen LogP contribution >= 0.6 is 11.8 Å². The molecule has 0 fully saturated rings. The smallest absolute Gasteiger partial charge is 0.195 e. The van der Waals surface area contributed by atoms with Gasteiger partial charge in [0.1, 0.15) is 0 Å². The van der Waals surface area contributed by atoms with Crippen LogP contribution < -0.4 is 5.32 Å². The Hall–Kier alpha value is -3.05. The molecule has 4 aromatic rings. The summed E-state index contributed by atoms with van der Waals surface area (Å²) >= 11 is 1.77. The van der Waals surface area contributed by atoms with Crippen molar-refractivity contribution in [2.24, 2.45) is 0 Å². The van der Waals surface area contributed by atoms with E-state index in [-0.39, 0.29) is 0 Å². The van der Waals surface area contributed by atoms with Gasteiger partial charge in [-0.3, -0.25) is 4.57 Å². The number of hydrogen-bond acceptors (Lipinski definition) is 4. The summed E-state index contributed by atoms with van der Waals surface area (Å²) in [7, 11) is 0. The fourth-order valence-electron chi connectivity index (χ4n) is 3.28. The molecular weight excluding hydrogens is 388 g/mol. The van der Waals surface area contributed by atoms with Crippen molar-refractivity contribution >= 4 is 17.4 Å². The number of aryl methyl sites for hydroxylation is 2. The first-order valence-corrected chi connectivity index (χ1v) is 11.2. The molecular formula is C25H26N4S. The molecule has 0 spiro atoms. The van der Waals surface area contributed by atoms with Crippen molar-refractivity contribution in [2.45, 2.75) is 31.5 Å². The normalized spacial score (nSPS) is 10.8. The van der Waals surface area contributed by atoms with Crippen LogP contribution in [0.2, 0.25) is 0 Å². The molecule has 0 aliphatic rings. The molecule has 4 nitrogen and oxygen atoms in total. The molecule has 0 unspecified atom stereocenters. The molecule has 1 N–H and O–H groups in total. The number of thioether (sulfide) groups is 1. The van der Waals surface area contributed by atoms with Crippen LogP contribution in [0.3, 0.4) is 0 Å². The van der Waals surface area contributed by atoms with Gasteiger partial charge in [-0.15, -0.1) is 10.2 Å². The minimum absolute atomic E-state index is 0.621. The predicted molar refractivity (Wildman–Crippen MR) is 125 cm³/mol. The molecule has 1 heterocycles. The molecule has 30 heavy (non-hydrogen) atoms. The number of rotatable bonds is 9. The van der Waals surface area contributed by atoms with Crippen LogP contribution in [0.5, 0.6) is 0 Å². The summed E-state index contributed by atoms with van der Waals surface area (Å²) < 4.78 is 2.16. The van der Waals surface area contributed by atoms with E-state index in [9.17, 15) is 0 Å². The third-order valence-electron chi connectivity index (χ3n) is 4.90. The zero-order chi connectivity index (χ0) is 20.6. The lowest BCUT2D eigenvalue weighted by Gasteiger charge is -2.11. The van der Waals surface area contributed by atoms with Crippen molar-refractivity contribution in [1.29, 1.82) is 0 Å². The Balaban J connectivity index is 1.45. The highest BCUT2D eigenvalue weighted by atomic mass is 32.2. The summed E-state index contributed by atoms with van der Waals surface area (Å²) in [5.41, 5.74) is 4.81. The Morgan fingerprint density at radius 2 is 1.53 bits per heavy atom. The molecule has 152 valence electrons. The lowest BCUT2D eigenvalue weighted by molar-refractivity contribution is 0.837. The molecule has 0 aliphatic heterocycles. The van der Waals surface area contributed by atoms with Crippen molar-refractivity contribution in [3.63, 3.8) is 0 Å². The van der Waals surface area contributed by atoms with E-state index in [4.69, 9.17) is 0 Å². The van der Waals surface area contributed by atoms with Gasteiger partial charge in [0.15, 0.2) is 11.0 Å². The van der Waals surface area contributed by atoms with E-state index in [1.54, 1.807) is 11.8 Å². The highest BCUT2D eigenvalue weighted by Crippen LogP contribution is 2.24. The molecule has 5 heteroatoms. The number of anilines is 1. The van der Waals surface area contributed by atoms with Crippen LogP contribution in [0, 0.1) is 6.92 Å². The first-order valence-electron chi connectivity index (χ1n) is 10.3. The second-order valence-electron chi connectivity index (χ2n) is 7.23. The van der Waals surface area contributed by atoms with Gasteiger partial charge in [0, 0.05) is 17.1 Å². The van der Waals surface area contributed by atoms with Crippen LogP contribution in [0.4, 0.5) is 5.69 Å². The van der Waals surface area contributed by atoms with E-state index >= 15 is 0 Å². The van der Waals surface area contributed by atoms with Crippen molar-refractivity contribution < 1.29 is 0 Å². The Bertz CT molecular complexity index is 1040. The number of nitrogens with zero attached hydrogens (tertiary/aromatic N) is 3. The van der Waals surface area contributed by atoms with Crippen LogP contribution in [0.15, 0.2) is 90.1 Å². The average Bonchev–Trinajstić information content (AvgIpc) is 3.20. The minimum Gasteiger partial charge on any atom is -0.378 e. The molecule has 4 rings (SSSR count). The second kappa shape index (κ2) is 10.1. The summed E-state index contributed by atoms with van der Waals surface area (Å²) in [5, 5.41) is 13.4. The molecule has 0 saturated heterocycles. The van der Waals surface area contributed by atoms with Gasteiger partial charge < -0.3 is 5.32 Å². The number of hydrogen-bond donors (Lipinski definition) is 1. The molecule has 0 amide bonds. The van der Waals surface area contributed by atoms with Crippen molar-refractivity contribution in [3.8, 4) is 5.69 Å². The van der Waals surface area contributed by atoms with E-state index in [1.807, 2.05) is 6.07 Å². The quantitative estimate of drug-likeness (QED) is 0.273. The van der Waals surface area contributed by atoms with Crippen LogP contribution in [0.1, 0.15) is 23.4 Å². The maximum absolute atomic E-state index is 4.50. The van der Waals surface area contributed by atoms with E-state index < -0.39 is 0 Å². The van der Waals surface area contributed by atoms with Crippen LogP contribution in [0.25, 0.3) is 5.69 Å². The Morgan fingerprint density at radius 3 is 2.27 bits per heavy atom. The third-order valence-corrected chi connectivity index (χ3v) is 5.92. The van der Waals surface area contributed by atoms with Crippen LogP contribution in [-0.2, 0) is 13.0 Å². The molecule has 0 saturated carbocycles. The molecule has 1 aromatic heterocycles. The van der Waals surface area contributed by atoms with E-state index in [2.05, 4.69) is 106 Å². The standard InChI is InChI=1S/C25H26N4S/c1-20-14-16-22(17-15-20)26-19-24-27-28-25(29(24)23-12-6-3-7-13-23)30-18-8-11-21-9-4-2-5-10-21/h2-7,9-10,12-17,26H,8,11,18-19H2,1H3. The Kier molecular flexibility index (Phi) is 6.83. The van der Waals surface area contributed by atoms with Crippen LogP contribution in [-0.4, -0.2) is 20.5 Å². The van der Waals surface area contributed by atoms with Crippen molar-refractivity contribution in [1.82, 2.24) is 14.8 Å². The van der Waals surface area contributed by atoms with Gasteiger partial charge in [0.25, 0.3) is 0 Å². The summed E-state index contributed by atoms with van der Waals surface area (Å²) in [6.07, 6.45) is 2.18. The predicted octanol–water partition coefficient (Wildman–Crippen LogP) is 5.91. The lowest BCUT2D eigenvalue weighted by atomic mass is 10.1. The number of benzene rings is 3. The average molecular weight is 415 g/mol. The summed E-state index contributed by atoms with van der Waals surface area (Å²) in [6, 6.07) is 29.4. The highest BCUT2D eigenvalue weighted by Gasteiger charge is 2.14. The first-order chi connectivity index (χ1) is 14.8. The van der Waals surface area contributed by atoms with Crippen molar-refractivity contribution in [2.75, 3.05) is 11.1 Å². The SMILES string of the molecule is Cc1ccc(NCc2nnc(SCCCc3ccccc3)n2-c2ccccc2)cc1. The molecule has 0 aliphatic carbocycles. The fraction of sp³-hybridized carbons (Fsp3) is 0.200. The zero-order valence-corrected chi connectivity index (χ0v) is 18.0. The maximum atomic E-state index is 4.50. The lowest BCUT2D eigenvalue weighted by Crippen LogP contribution is -2.08. The number of nitrogens with one attached hydrogen (secondary N) is 1. The van der Waals surface area contributed by atoms with Gasteiger partial charge in [0.05, 0.1) is 6.54 Å². The first kappa shape index (κ1) is 20.2. The topological polar surface area (TPSA) is 42.7 Å². The third kappa shape index (κ3) is 5.30. The molecule has 0 radical (unpaired) electrons. The Morgan fingerprint density at radius 1 is 0.833 bits per heavy atom. The Labute approximate surface area is 182 Å². The van der Waals surface area contributed by atoms with E-state index in [1.165, 1.54) is 11.1 Å². The number of aromatic nitrogens is 3. The highest BCUT2D eigenvalue weighted by molar-refractivity contribution is 7.99. The molecule has 3 aromatic carbocycles. The number of para-hydroxylation sites is 1. The van der Waals surface area contributed by atoms with Gasteiger partial charge in [-0.2, -0.15) is 0 Å². The van der Waals surface area contributed by atoms with E-state index in [0.717, 1.165) is 41.0 Å². The van der Waals surface area contributed by atoms with Gasteiger partial charge in [0.2, 0.25) is 0 Å². The van der Waals surface area contributed by atoms with Gasteiger partial charge in [-0.25, -0.2) is 0 Å². The maximum Gasteiger partial charge on any atom is 0.195 e. The van der Waals surface area contributed by atoms with Gasteiger partial charge in [-0.1, -0.05) is 78.0 Å². The minimum atomic E-state index is 0.621. The fourth-order valence-corrected chi connectivity index (χ4v) is 4.19. The van der Waals surface area contributed by atoms with Gasteiger partial charge >= 0.3 is 0 Å². The summed E-state index contributed by atoms with van der Waals surface area (Å²) in [6.45, 7) is 2.71. The van der Waals surface area contributed by atoms with Crippen molar-refractivity contribution in [3.05, 3.63) is 102 Å². The summed E-state index contributed by atoms with van der Waals surface area (Å²) in [5.74, 6) is 1.91. The zero-order valence-electron chi connectivity index (χ0n) is 17.2. The largest absolute Gasteiger partial charge is 0.378 e.